The zero-order valence-electron chi connectivity index (χ0n) is 12.8. The van der Waals surface area contributed by atoms with Crippen molar-refractivity contribution in [1.29, 1.82) is 0 Å². The normalized spacial score (nSPS) is 12.4. The number of furan rings is 1. The van der Waals surface area contributed by atoms with E-state index in [1.165, 1.54) is 5.56 Å². The van der Waals surface area contributed by atoms with Gasteiger partial charge in [-0.1, -0.05) is 26.0 Å². The van der Waals surface area contributed by atoms with Crippen molar-refractivity contribution in [3.05, 3.63) is 53.5 Å². The molecule has 0 saturated carbocycles. The number of hydrogen-bond donors (Lipinski definition) is 2. The minimum Gasteiger partial charge on any atom is -0.486 e. The van der Waals surface area contributed by atoms with Crippen LogP contribution in [0.3, 0.4) is 0 Å². The second-order valence-corrected chi connectivity index (χ2v) is 5.53. The van der Waals surface area contributed by atoms with E-state index in [0.717, 1.165) is 5.75 Å². The molecule has 22 heavy (non-hydrogen) atoms. The number of hydrogen-bond acceptors (Lipinski definition) is 4. The predicted molar refractivity (Wildman–Crippen MR) is 82.9 cm³/mol. The molecular weight excluding hydrogens is 282 g/mol. The van der Waals surface area contributed by atoms with Gasteiger partial charge in [-0.25, -0.2) is 0 Å². The van der Waals surface area contributed by atoms with Crippen LogP contribution in [0.5, 0.6) is 5.75 Å². The summed E-state index contributed by atoms with van der Waals surface area (Å²) in [5.74, 6) is 1.40. The van der Waals surface area contributed by atoms with Crippen LogP contribution in [0.4, 0.5) is 0 Å². The number of carboxylic acid groups (broad SMARTS) is 1. The summed E-state index contributed by atoms with van der Waals surface area (Å²) in [5, 5.41) is 8.77. The second-order valence-electron chi connectivity index (χ2n) is 5.53. The average molecular weight is 303 g/mol. The van der Waals surface area contributed by atoms with Gasteiger partial charge in [-0.15, -0.1) is 0 Å². The molecule has 1 unspecified atom stereocenters. The lowest BCUT2D eigenvalue weighted by atomic mass is 10.0. The highest BCUT2D eigenvalue weighted by molar-refractivity contribution is 5.73. The van der Waals surface area contributed by atoms with E-state index in [0.29, 0.717) is 24.0 Å². The number of aliphatic carboxylic acids is 1. The maximum absolute atomic E-state index is 10.7. The number of carboxylic acids is 1. The van der Waals surface area contributed by atoms with Gasteiger partial charge in [-0.3, -0.25) is 4.79 Å². The summed E-state index contributed by atoms with van der Waals surface area (Å²) in [5.41, 5.74) is 6.73. The number of ether oxygens (including phenoxy) is 1. The molecule has 3 N–H and O–H groups in total. The van der Waals surface area contributed by atoms with Crippen molar-refractivity contribution in [3.8, 4) is 5.75 Å². The van der Waals surface area contributed by atoms with Gasteiger partial charge in [0, 0.05) is 6.42 Å². The number of nitrogens with two attached hydrogens (primary N) is 1. The maximum atomic E-state index is 10.7. The smallest absolute Gasteiger partial charge is 0.320 e. The van der Waals surface area contributed by atoms with Crippen LogP contribution in [0.25, 0.3) is 0 Å². The topological polar surface area (TPSA) is 85.7 Å². The molecule has 1 aromatic carbocycles. The molecule has 5 heteroatoms. The van der Waals surface area contributed by atoms with E-state index in [1.54, 1.807) is 12.1 Å². The molecule has 0 fully saturated rings. The fraction of sp³-hybridized carbons (Fsp3) is 0.353. The van der Waals surface area contributed by atoms with Gasteiger partial charge in [0.05, 0.1) is 0 Å². The summed E-state index contributed by atoms with van der Waals surface area (Å²) in [6.07, 6.45) is 0.165. The molecule has 0 spiro atoms. The van der Waals surface area contributed by atoms with E-state index in [2.05, 4.69) is 13.8 Å². The van der Waals surface area contributed by atoms with Crippen molar-refractivity contribution in [2.45, 2.75) is 38.8 Å². The zero-order valence-corrected chi connectivity index (χ0v) is 12.8. The highest BCUT2D eigenvalue weighted by Gasteiger charge is 2.14. The Morgan fingerprint density at radius 1 is 1.18 bits per heavy atom. The third kappa shape index (κ3) is 4.36. The van der Waals surface area contributed by atoms with Gasteiger partial charge < -0.3 is 20.0 Å². The maximum Gasteiger partial charge on any atom is 0.320 e. The van der Waals surface area contributed by atoms with E-state index in [-0.39, 0.29) is 6.42 Å². The first-order valence-corrected chi connectivity index (χ1v) is 7.24. The molecule has 5 nitrogen and oxygen atoms in total. The Bertz CT molecular complexity index is 616. The van der Waals surface area contributed by atoms with Gasteiger partial charge in [0.25, 0.3) is 0 Å². The minimum atomic E-state index is -1.04. The predicted octanol–water partition coefficient (Wildman–Crippen LogP) is 2.94. The minimum absolute atomic E-state index is 0.165. The molecule has 0 bridgehead atoms. The largest absolute Gasteiger partial charge is 0.486 e. The fourth-order valence-electron chi connectivity index (χ4n) is 2.02. The lowest BCUT2D eigenvalue weighted by molar-refractivity contribution is -0.138. The Balaban J connectivity index is 1.89. The summed E-state index contributed by atoms with van der Waals surface area (Å²) in [6.45, 7) is 4.58. The van der Waals surface area contributed by atoms with Crippen molar-refractivity contribution in [2.24, 2.45) is 5.73 Å². The van der Waals surface area contributed by atoms with Crippen molar-refractivity contribution in [3.63, 3.8) is 0 Å². The lowest BCUT2D eigenvalue weighted by Crippen LogP contribution is -2.32. The highest BCUT2D eigenvalue weighted by Crippen LogP contribution is 2.20. The molecule has 1 atom stereocenters. The lowest BCUT2D eigenvalue weighted by Gasteiger charge is -2.08. The Hall–Kier alpha value is -2.27. The van der Waals surface area contributed by atoms with Gasteiger partial charge in [0.1, 0.15) is 29.9 Å². The summed E-state index contributed by atoms with van der Waals surface area (Å²) in [7, 11) is 0. The van der Waals surface area contributed by atoms with Gasteiger partial charge in [-0.2, -0.15) is 0 Å². The molecule has 0 saturated heterocycles. The molecular formula is C17H21NO4. The Labute approximate surface area is 129 Å². The van der Waals surface area contributed by atoms with Gasteiger partial charge in [0.2, 0.25) is 0 Å². The molecule has 2 aromatic rings. The Kier molecular flexibility index (Phi) is 5.22. The zero-order chi connectivity index (χ0) is 16.1. The molecule has 1 heterocycles. The Morgan fingerprint density at radius 3 is 2.41 bits per heavy atom. The molecule has 0 aliphatic rings. The third-order valence-corrected chi connectivity index (χ3v) is 3.38. The standard InChI is InChI=1S/C17H21NO4/c1-11(2)12-3-5-13(6-4-12)21-10-15-8-7-14(22-15)9-16(18)17(19)20/h3-8,11,16H,9-10,18H2,1-2H3,(H,19,20). The van der Waals surface area contributed by atoms with E-state index >= 15 is 0 Å². The van der Waals surface area contributed by atoms with Gasteiger partial charge >= 0.3 is 5.97 Å². The first-order valence-electron chi connectivity index (χ1n) is 7.24. The van der Waals surface area contributed by atoms with Crippen LogP contribution in [0, 0.1) is 0 Å². The summed E-state index contributed by atoms with van der Waals surface area (Å²) < 4.78 is 11.2. The summed E-state index contributed by atoms with van der Waals surface area (Å²) in [6, 6.07) is 10.5. The van der Waals surface area contributed by atoms with Crippen LogP contribution >= 0.6 is 0 Å². The molecule has 1 aromatic heterocycles. The Morgan fingerprint density at radius 2 is 1.82 bits per heavy atom. The van der Waals surface area contributed by atoms with Crippen molar-refractivity contribution >= 4 is 5.97 Å². The van der Waals surface area contributed by atoms with Gasteiger partial charge in [0.15, 0.2) is 0 Å². The summed E-state index contributed by atoms with van der Waals surface area (Å²) >= 11 is 0. The van der Waals surface area contributed by atoms with E-state index in [1.807, 2.05) is 24.3 Å². The quantitative estimate of drug-likeness (QED) is 0.821. The van der Waals surface area contributed by atoms with Crippen LogP contribution in [0.15, 0.2) is 40.8 Å². The fourth-order valence-corrected chi connectivity index (χ4v) is 2.02. The van der Waals surface area contributed by atoms with Crippen LogP contribution < -0.4 is 10.5 Å². The van der Waals surface area contributed by atoms with E-state index in [4.69, 9.17) is 20.0 Å². The first-order chi connectivity index (χ1) is 10.5. The average Bonchev–Trinajstić information content (AvgIpc) is 2.93. The molecule has 0 aliphatic carbocycles. The van der Waals surface area contributed by atoms with Crippen molar-refractivity contribution < 1.29 is 19.1 Å². The number of benzene rings is 1. The van der Waals surface area contributed by atoms with Gasteiger partial charge in [-0.05, 0) is 35.7 Å². The highest BCUT2D eigenvalue weighted by atomic mass is 16.5. The molecule has 0 radical (unpaired) electrons. The molecule has 0 amide bonds. The number of carbonyl (C=O) groups is 1. The van der Waals surface area contributed by atoms with E-state index in [9.17, 15) is 4.79 Å². The third-order valence-electron chi connectivity index (χ3n) is 3.38. The molecule has 0 aliphatic heterocycles. The van der Waals surface area contributed by atoms with Crippen molar-refractivity contribution in [1.82, 2.24) is 0 Å². The van der Waals surface area contributed by atoms with Crippen LogP contribution in [0.2, 0.25) is 0 Å². The first kappa shape index (κ1) is 16.1. The number of rotatable bonds is 7. The second kappa shape index (κ2) is 7.13. The van der Waals surface area contributed by atoms with Crippen LogP contribution in [0.1, 0.15) is 36.8 Å². The van der Waals surface area contributed by atoms with E-state index < -0.39 is 12.0 Å². The molecule has 2 rings (SSSR count). The van der Waals surface area contributed by atoms with Crippen LogP contribution in [-0.4, -0.2) is 17.1 Å². The monoisotopic (exact) mass is 303 g/mol. The SMILES string of the molecule is CC(C)c1ccc(OCc2ccc(CC(N)C(=O)O)o2)cc1. The van der Waals surface area contributed by atoms with Crippen molar-refractivity contribution in [2.75, 3.05) is 0 Å². The van der Waals surface area contributed by atoms with Crippen LogP contribution in [-0.2, 0) is 17.8 Å². The molecule has 118 valence electrons. The summed E-state index contributed by atoms with van der Waals surface area (Å²) in [4.78, 5) is 10.7.